The summed E-state index contributed by atoms with van der Waals surface area (Å²) in [7, 11) is 3.13. The second-order valence-corrected chi connectivity index (χ2v) is 6.33. The van der Waals surface area contributed by atoms with E-state index in [-0.39, 0.29) is 11.9 Å². The first-order chi connectivity index (χ1) is 13.1. The van der Waals surface area contributed by atoms with Gasteiger partial charge in [0.1, 0.15) is 11.5 Å². The van der Waals surface area contributed by atoms with Crippen molar-refractivity contribution < 1.29 is 14.3 Å². The van der Waals surface area contributed by atoms with Gasteiger partial charge in [0.15, 0.2) is 0 Å². The average Bonchev–Trinajstić information content (AvgIpc) is 2.72. The molecule has 3 aromatic carbocycles. The van der Waals surface area contributed by atoms with Gasteiger partial charge in [-0.05, 0) is 30.2 Å². The molecule has 0 radical (unpaired) electrons. The molecule has 0 fully saturated rings. The van der Waals surface area contributed by atoms with E-state index in [0.29, 0.717) is 17.1 Å². The molecule has 4 nitrogen and oxygen atoms in total. The van der Waals surface area contributed by atoms with Crippen LogP contribution in [0.1, 0.15) is 33.1 Å². The fourth-order valence-electron chi connectivity index (χ4n) is 2.92. The molecule has 138 valence electrons. The van der Waals surface area contributed by atoms with Crippen molar-refractivity contribution in [3.63, 3.8) is 0 Å². The van der Waals surface area contributed by atoms with Crippen LogP contribution < -0.4 is 14.8 Å². The summed E-state index contributed by atoms with van der Waals surface area (Å²) in [6, 6.07) is 23.0. The summed E-state index contributed by atoms with van der Waals surface area (Å²) in [5, 5.41) is 3.14. The number of aryl methyl sites for hydroxylation is 1. The molecule has 0 spiro atoms. The summed E-state index contributed by atoms with van der Waals surface area (Å²) in [6.07, 6.45) is 0. The first-order valence-electron chi connectivity index (χ1n) is 8.76. The zero-order valence-electron chi connectivity index (χ0n) is 15.7. The van der Waals surface area contributed by atoms with E-state index in [1.165, 1.54) is 5.56 Å². The van der Waals surface area contributed by atoms with E-state index < -0.39 is 0 Å². The van der Waals surface area contributed by atoms with Crippen LogP contribution in [-0.2, 0) is 0 Å². The van der Waals surface area contributed by atoms with E-state index in [1.54, 1.807) is 32.4 Å². The van der Waals surface area contributed by atoms with E-state index >= 15 is 0 Å². The molecule has 0 aliphatic carbocycles. The molecule has 0 bridgehead atoms. The normalized spacial score (nSPS) is 11.5. The molecule has 1 N–H and O–H groups in total. The molecule has 27 heavy (non-hydrogen) atoms. The molecule has 1 unspecified atom stereocenters. The minimum Gasteiger partial charge on any atom is -0.497 e. The van der Waals surface area contributed by atoms with Gasteiger partial charge in [0.2, 0.25) is 0 Å². The quantitative estimate of drug-likeness (QED) is 0.702. The van der Waals surface area contributed by atoms with Crippen LogP contribution in [0.5, 0.6) is 11.5 Å². The number of methoxy groups -OCH3 is 2. The molecule has 4 heteroatoms. The van der Waals surface area contributed by atoms with Gasteiger partial charge in [0, 0.05) is 11.6 Å². The lowest BCUT2D eigenvalue weighted by Crippen LogP contribution is -2.29. The van der Waals surface area contributed by atoms with Gasteiger partial charge in [-0.1, -0.05) is 60.2 Å². The predicted octanol–water partition coefficient (Wildman–Crippen LogP) is 4.53. The number of carbonyl (C=O) groups excluding carboxylic acids is 1. The maximum atomic E-state index is 13.0. The minimum atomic E-state index is -0.253. The van der Waals surface area contributed by atoms with Gasteiger partial charge in [-0.15, -0.1) is 0 Å². The highest BCUT2D eigenvalue weighted by Crippen LogP contribution is 2.26. The maximum absolute atomic E-state index is 13.0. The number of nitrogens with one attached hydrogen (secondary N) is 1. The number of rotatable bonds is 6. The van der Waals surface area contributed by atoms with Crippen LogP contribution in [0.15, 0.2) is 72.8 Å². The number of carbonyl (C=O) groups is 1. The molecular weight excluding hydrogens is 338 g/mol. The Morgan fingerprint density at radius 1 is 0.815 bits per heavy atom. The van der Waals surface area contributed by atoms with Gasteiger partial charge in [0.25, 0.3) is 5.91 Å². The van der Waals surface area contributed by atoms with Crippen molar-refractivity contribution in [3.8, 4) is 11.5 Å². The largest absolute Gasteiger partial charge is 0.497 e. The number of amides is 1. The van der Waals surface area contributed by atoms with Crippen LogP contribution in [-0.4, -0.2) is 20.1 Å². The molecule has 0 heterocycles. The zero-order valence-corrected chi connectivity index (χ0v) is 15.7. The molecule has 0 aliphatic heterocycles. The molecular formula is C23H23NO3. The van der Waals surface area contributed by atoms with Crippen LogP contribution in [0.2, 0.25) is 0 Å². The predicted molar refractivity (Wildman–Crippen MR) is 106 cm³/mol. The van der Waals surface area contributed by atoms with Gasteiger partial charge >= 0.3 is 0 Å². The lowest BCUT2D eigenvalue weighted by atomic mass is 9.97. The molecule has 3 rings (SSSR count). The highest BCUT2D eigenvalue weighted by atomic mass is 16.5. The lowest BCUT2D eigenvalue weighted by Gasteiger charge is -2.20. The van der Waals surface area contributed by atoms with Gasteiger partial charge in [-0.25, -0.2) is 0 Å². The first-order valence-corrected chi connectivity index (χ1v) is 8.76. The van der Waals surface area contributed by atoms with Gasteiger partial charge in [0.05, 0.1) is 20.3 Å². The Morgan fingerprint density at radius 3 is 1.93 bits per heavy atom. The third-order valence-electron chi connectivity index (χ3n) is 4.43. The summed E-state index contributed by atoms with van der Waals surface area (Å²) in [4.78, 5) is 13.0. The highest BCUT2D eigenvalue weighted by Gasteiger charge is 2.19. The maximum Gasteiger partial charge on any atom is 0.252 e. The van der Waals surface area contributed by atoms with E-state index in [0.717, 1.165) is 11.1 Å². The van der Waals surface area contributed by atoms with Crippen LogP contribution >= 0.6 is 0 Å². The molecule has 0 saturated carbocycles. The number of hydrogen-bond donors (Lipinski definition) is 1. The van der Waals surface area contributed by atoms with Crippen LogP contribution in [0.25, 0.3) is 0 Å². The lowest BCUT2D eigenvalue weighted by molar-refractivity contribution is 0.0942. The Labute approximate surface area is 159 Å². The zero-order chi connectivity index (χ0) is 19.2. The van der Waals surface area contributed by atoms with Crippen molar-refractivity contribution in [2.24, 2.45) is 0 Å². The molecule has 0 aliphatic rings. The van der Waals surface area contributed by atoms with Crippen molar-refractivity contribution in [2.75, 3.05) is 14.2 Å². The Bertz CT molecular complexity index is 882. The smallest absolute Gasteiger partial charge is 0.252 e. The SMILES string of the molecule is COc1cc(OC)cc(C(=O)NC(c2ccccc2)c2ccc(C)cc2)c1. The molecule has 1 atom stereocenters. The number of benzene rings is 3. The number of ether oxygens (including phenoxy) is 2. The average molecular weight is 361 g/mol. The van der Waals surface area contributed by atoms with Crippen LogP contribution in [0.3, 0.4) is 0 Å². The van der Waals surface area contributed by atoms with E-state index in [9.17, 15) is 4.79 Å². The fourth-order valence-corrected chi connectivity index (χ4v) is 2.92. The third kappa shape index (κ3) is 4.47. The highest BCUT2D eigenvalue weighted by molar-refractivity contribution is 5.95. The third-order valence-corrected chi connectivity index (χ3v) is 4.43. The van der Waals surface area contributed by atoms with Crippen molar-refractivity contribution >= 4 is 5.91 Å². The monoisotopic (exact) mass is 361 g/mol. The van der Waals surface area contributed by atoms with E-state index in [1.807, 2.05) is 61.5 Å². The first kappa shape index (κ1) is 18.5. The summed E-state index contributed by atoms with van der Waals surface area (Å²) in [5.41, 5.74) is 3.70. The Morgan fingerprint density at radius 2 is 1.37 bits per heavy atom. The van der Waals surface area contributed by atoms with Gasteiger partial charge in [-0.2, -0.15) is 0 Å². The topological polar surface area (TPSA) is 47.6 Å². The standard InChI is InChI=1S/C23H23NO3/c1-16-9-11-18(12-10-16)22(17-7-5-4-6-8-17)24-23(25)19-13-20(26-2)15-21(14-19)27-3/h4-15,22H,1-3H3,(H,24,25). The van der Waals surface area contributed by atoms with E-state index in [4.69, 9.17) is 9.47 Å². The Kier molecular flexibility index (Phi) is 5.77. The van der Waals surface area contributed by atoms with E-state index in [2.05, 4.69) is 5.32 Å². The molecule has 0 saturated heterocycles. The molecule has 0 aromatic heterocycles. The van der Waals surface area contributed by atoms with Crippen molar-refractivity contribution in [2.45, 2.75) is 13.0 Å². The van der Waals surface area contributed by atoms with Crippen LogP contribution in [0, 0.1) is 6.92 Å². The van der Waals surface area contributed by atoms with Crippen LogP contribution in [0.4, 0.5) is 0 Å². The minimum absolute atomic E-state index is 0.193. The second-order valence-electron chi connectivity index (χ2n) is 6.33. The summed E-state index contributed by atoms with van der Waals surface area (Å²) >= 11 is 0. The van der Waals surface area contributed by atoms with Crippen molar-refractivity contribution in [1.82, 2.24) is 5.32 Å². The molecule has 1 amide bonds. The fraction of sp³-hybridized carbons (Fsp3) is 0.174. The Hall–Kier alpha value is -3.27. The van der Waals surface area contributed by atoms with Crippen molar-refractivity contribution in [3.05, 3.63) is 95.1 Å². The summed E-state index contributed by atoms with van der Waals surface area (Å²) in [6.45, 7) is 2.04. The number of hydrogen-bond acceptors (Lipinski definition) is 3. The van der Waals surface area contributed by atoms with Gasteiger partial charge in [-0.3, -0.25) is 4.79 Å². The van der Waals surface area contributed by atoms with Gasteiger partial charge < -0.3 is 14.8 Å². The Balaban J connectivity index is 1.94. The summed E-state index contributed by atoms with van der Waals surface area (Å²) in [5.74, 6) is 0.957. The van der Waals surface area contributed by atoms with Crippen molar-refractivity contribution in [1.29, 1.82) is 0 Å². The molecule has 3 aromatic rings. The summed E-state index contributed by atoms with van der Waals surface area (Å²) < 4.78 is 10.5. The second kappa shape index (κ2) is 8.41.